The number of amides is 1. The highest BCUT2D eigenvalue weighted by Crippen LogP contribution is 2.25. The first-order valence-electron chi connectivity index (χ1n) is 6.78. The number of benzene rings is 1. The summed E-state index contributed by atoms with van der Waals surface area (Å²) in [6.45, 7) is 1.55. The first kappa shape index (κ1) is 17.9. The maximum absolute atomic E-state index is 12.2. The van der Waals surface area contributed by atoms with Crippen LogP contribution in [-0.2, 0) is 4.79 Å². The number of aromatic nitrogens is 1. The molecule has 0 saturated carbocycles. The molecular formula is C15H13ClF3N3O2. The summed E-state index contributed by atoms with van der Waals surface area (Å²) in [4.78, 5) is 15.9. The second kappa shape index (κ2) is 7.39. The van der Waals surface area contributed by atoms with Gasteiger partial charge in [-0.05, 0) is 31.2 Å². The van der Waals surface area contributed by atoms with Crippen LogP contribution in [-0.4, -0.2) is 23.3 Å². The molecule has 1 heterocycles. The van der Waals surface area contributed by atoms with Crippen LogP contribution in [0.25, 0.3) is 0 Å². The summed E-state index contributed by atoms with van der Waals surface area (Å²) in [5.41, 5.74) is 0.642. The Morgan fingerprint density at radius 2 is 2.04 bits per heavy atom. The van der Waals surface area contributed by atoms with Gasteiger partial charge in [-0.25, -0.2) is 4.98 Å². The number of hydrogen-bond acceptors (Lipinski definition) is 4. The van der Waals surface area contributed by atoms with Gasteiger partial charge in [-0.15, -0.1) is 13.2 Å². The summed E-state index contributed by atoms with van der Waals surface area (Å²) in [5, 5.41) is 5.50. The number of rotatable bonds is 5. The van der Waals surface area contributed by atoms with Gasteiger partial charge in [0.1, 0.15) is 11.8 Å². The Kier molecular flexibility index (Phi) is 5.50. The van der Waals surface area contributed by atoms with E-state index in [-0.39, 0.29) is 10.9 Å². The second-order valence-corrected chi connectivity index (χ2v) is 5.13. The number of carbonyl (C=O) groups is 1. The van der Waals surface area contributed by atoms with E-state index in [1.807, 2.05) is 0 Å². The molecule has 24 heavy (non-hydrogen) atoms. The molecule has 0 aliphatic rings. The predicted molar refractivity (Wildman–Crippen MR) is 84.1 cm³/mol. The molecule has 2 aromatic rings. The van der Waals surface area contributed by atoms with Gasteiger partial charge in [0, 0.05) is 18.0 Å². The van der Waals surface area contributed by atoms with Crippen LogP contribution in [0.3, 0.4) is 0 Å². The number of nitrogens with zero attached hydrogens (tertiary/aromatic N) is 1. The molecule has 0 fully saturated rings. The third-order valence-electron chi connectivity index (χ3n) is 2.86. The van der Waals surface area contributed by atoms with Crippen molar-refractivity contribution in [3.63, 3.8) is 0 Å². The fourth-order valence-corrected chi connectivity index (χ4v) is 1.99. The summed E-state index contributed by atoms with van der Waals surface area (Å²) < 4.78 is 40.5. The minimum absolute atomic E-state index is 0.138. The van der Waals surface area contributed by atoms with Gasteiger partial charge in [-0.3, -0.25) is 4.79 Å². The van der Waals surface area contributed by atoms with Crippen molar-refractivity contribution in [2.45, 2.75) is 19.3 Å². The number of hydrogen-bond donors (Lipinski definition) is 2. The fraction of sp³-hybridized carbons (Fsp3) is 0.200. The van der Waals surface area contributed by atoms with Crippen molar-refractivity contribution in [2.75, 3.05) is 10.6 Å². The fourth-order valence-electron chi connectivity index (χ4n) is 1.82. The highest BCUT2D eigenvalue weighted by Gasteiger charge is 2.31. The van der Waals surface area contributed by atoms with E-state index < -0.39 is 18.3 Å². The number of anilines is 2. The lowest BCUT2D eigenvalue weighted by molar-refractivity contribution is -0.274. The van der Waals surface area contributed by atoms with Gasteiger partial charge in [0.05, 0.1) is 5.69 Å². The van der Waals surface area contributed by atoms with Gasteiger partial charge >= 0.3 is 6.36 Å². The van der Waals surface area contributed by atoms with E-state index in [2.05, 4.69) is 20.4 Å². The molecule has 0 aliphatic heterocycles. The second-order valence-electron chi connectivity index (χ2n) is 4.77. The molecule has 2 rings (SSSR count). The Bertz CT molecular complexity index is 725. The van der Waals surface area contributed by atoms with Gasteiger partial charge in [-0.1, -0.05) is 17.7 Å². The molecule has 0 saturated heterocycles. The molecule has 9 heteroatoms. The van der Waals surface area contributed by atoms with Crippen LogP contribution in [0.15, 0.2) is 42.6 Å². The standard InChI is InChI=1S/C15H13ClF3N3O2/c1-9(14(23)22-12-6-3-7-20-13(12)16)21-10-4-2-5-11(8-10)24-15(17,18)19/h2-9,21H,1H3,(H,22,23)/t9-/m1/s1. The molecule has 2 N–H and O–H groups in total. The van der Waals surface area contributed by atoms with Crippen LogP contribution in [0.5, 0.6) is 5.75 Å². The van der Waals surface area contributed by atoms with E-state index in [9.17, 15) is 18.0 Å². The summed E-state index contributed by atoms with van der Waals surface area (Å²) in [5.74, 6) is -0.803. The molecule has 0 radical (unpaired) electrons. The number of nitrogens with one attached hydrogen (secondary N) is 2. The van der Waals surface area contributed by atoms with Crippen molar-refractivity contribution in [1.82, 2.24) is 4.98 Å². The van der Waals surface area contributed by atoms with Gasteiger partial charge < -0.3 is 15.4 Å². The summed E-state index contributed by atoms with van der Waals surface area (Å²) in [6.07, 6.45) is -3.30. The zero-order chi connectivity index (χ0) is 17.7. The molecule has 1 aromatic heterocycles. The lowest BCUT2D eigenvalue weighted by atomic mass is 10.2. The number of ether oxygens (including phenoxy) is 1. The lowest BCUT2D eigenvalue weighted by Gasteiger charge is -2.16. The quantitative estimate of drug-likeness (QED) is 0.790. The van der Waals surface area contributed by atoms with Crippen LogP contribution in [0.1, 0.15) is 6.92 Å². The van der Waals surface area contributed by atoms with Crippen LogP contribution in [0.2, 0.25) is 5.15 Å². The van der Waals surface area contributed by atoms with Crippen molar-refractivity contribution in [1.29, 1.82) is 0 Å². The van der Waals surface area contributed by atoms with E-state index in [1.165, 1.54) is 24.4 Å². The largest absolute Gasteiger partial charge is 0.573 e. The predicted octanol–water partition coefficient (Wildman–Crippen LogP) is 4.07. The van der Waals surface area contributed by atoms with E-state index >= 15 is 0 Å². The Labute approximate surface area is 140 Å². The molecule has 1 atom stereocenters. The summed E-state index contributed by atoms with van der Waals surface area (Å²) >= 11 is 5.85. The summed E-state index contributed by atoms with van der Waals surface area (Å²) in [7, 11) is 0. The average molecular weight is 360 g/mol. The maximum Gasteiger partial charge on any atom is 0.573 e. The third-order valence-corrected chi connectivity index (χ3v) is 3.16. The van der Waals surface area contributed by atoms with E-state index in [1.54, 1.807) is 19.1 Å². The Balaban J connectivity index is 2.01. The van der Waals surface area contributed by atoms with Crippen LogP contribution >= 0.6 is 11.6 Å². The van der Waals surface area contributed by atoms with Crippen molar-refractivity contribution in [3.8, 4) is 5.75 Å². The zero-order valence-electron chi connectivity index (χ0n) is 12.4. The highest BCUT2D eigenvalue weighted by atomic mass is 35.5. The van der Waals surface area contributed by atoms with E-state index in [0.717, 1.165) is 6.07 Å². The Morgan fingerprint density at radius 3 is 2.71 bits per heavy atom. The van der Waals surface area contributed by atoms with Crippen LogP contribution in [0.4, 0.5) is 24.5 Å². The lowest BCUT2D eigenvalue weighted by Crippen LogP contribution is -2.32. The Morgan fingerprint density at radius 1 is 1.29 bits per heavy atom. The van der Waals surface area contributed by atoms with Crippen molar-refractivity contribution in [2.24, 2.45) is 0 Å². The van der Waals surface area contributed by atoms with E-state index in [4.69, 9.17) is 11.6 Å². The van der Waals surface area contributed by atoms with Crippen molar-refractivity contribution < 1.29 is 22.7 Å². The third kappa shape index (κ3) is 5.31. The van der Waals surface area contributed by atoms with E-state index in [0.29, 0.717) is 11.4 Å². The van der Waals surface area contributed by atoms with Gasteiger partial charge in [0.25, 0.3) is 0 Å². The van der Waals surface area contributed by atoms with Crippen molar-refractivity contribution >= 4 is 28.9 Å². The number of pyridine rings is 1. The monoisotopic (exact) mass is 359 g/mol. The molecule has 0 spiro atoms. The maximum atomic E-state index is 12.2. The molecule has 1 aromatic carbocycles. The molecular weight excluding hydrogens is 347 g/mol. The van der Waals surface area contributed by atoms with Gasteiger partial charge in [0.15, 0.2) is 5.15 Å². The first-order valence-corrected chi connectivity index (χ1v) is 7.16. The first-order chi connectivity index (χ1) is 11.2. The summed E-state index contributed by atoms with van der Waals surface area (Å²) in [6, 6.07) is 7.67. The van der Waals surface area contributed by atoms with Gasteiger partial charge in [-0.2, -0.15) is 0 Å². The smallest absolute Gasteiger partial charge is 0.406 e. The number of halogens is 4. The molecule has 0 aliphatic carbocycles. The molecule has 0 unspecified atom stereocenters. The minimum Gasteiger partial charge on any atom is -0.406 e. The molecule has 128 valence electrons. The normalized spacial score (nSPS) is 12.4. The zero-order valence-corrected chi connectivity index (χ0v) is 13.2. The topological polar surface area (TPSA) is 63.2 Å². The molecule has 0 bridgehead atoms. The van der Waals surface area contributed by atoms with Crippen molar-refractivity contribution in [3.05, 3.63) is 47.7 Å². The number of carbonyl (C=O) groups excluding carboxylic acids is 1. The SMILES string of the molecule is C[C@@H](Nc1cccc(OC(F)(F)F)c1)C(=O)Nc1cccnc1Cl. The molecule has 1 amide bonds. The molecule has 5 nitrogen and oxygen atoms in total. The van der Waals surface area contributed by atoms with Gasteiger partial charge in [0.2, 0.25) is 5.91 Å². The van der Waals surface area contributed by atoms with Crippen LogP contribution in [0, 0.1) is 0 Å². The number of alkyl halides is 3. The average Bonchev–Trinajstić information content (AvgIpc) is 2.48. The Hall–Kier alpha value is -2.48. The van der Waals surface area contributed by atoms with Crippen LogP contribution < -0.4 is 15.4 Å². The highest BCUT2D eigenvalue weighted by molar-refractivity contribution is 6.32. The minimum atomic E-state index is -4.78.